The summed E-state index contributed by atoms with van der Waals surface area (Å²) in [5.74, 6) is 4.98. The third kappa shape index (κ3) is 4.34. The van der Waals surface area contributed by atoms with E-state index >= 15 is 0 Å². The number of nitrogens with zero attached hydrogens (tertiary/aromatic N) is 2. The molecule has 140 valence electrons. The smallest absolute Gasteiger partial charge is 0.387 e. The Morgan fingerprint density at radius 1 is 1.22 bits per heavy atom. The molecule has 3 N–H and O–H groups in total. The number of ether oxygens (including phenoxy) is 1. The van der Waals surface area contributed by atoms with Crippen molar-refractivity contribution in [3.63, 3.8) is 0 Å². The molecular weight excluding hydrogens is 378 g/mol. The second-order valence-corrected chi connectivity index (χ2v) is 6.24. The fraction of sp³-hybridized carbons (Fsp3) is 0.118. The minimum Gasteiger partial charge on any atom is -0.433 e. The number of thioether (sulfide) groups is 1. The van der Waals surface area contributed by atoms with Gasteiger partial charge >= 0.3 is 6.61 Å². The zero-order valence-corrected chi connectivity index (χ0v) is 14.6. The molecule has 7 nitrogen and oxygen atoms in total. The molecule has 0 spiro atoms. The van der Waals surface area contributed by atoms with Crippen molar-refractivity contribution in [3.05, 3.63) is 58.9 Å². The summed E-state index contributed by atoms with van der Waals surface area (Å²) in [5.41, 5.74) is 0.141. The number of para-hydroxylation sites is 3. The minimum atomic E-state index is -3.01. The molecule has 0 aliphatic rings. The van der Waals surface area contributed by atoms with E-state index in [-0.39, 0.29) is 22.3 Å². The maximum atomic E-state index is 12.4. The zero-order chi connectivity index (χ0) is 19.4. The van der Waals surface area contributed by atoms with Gasteiger partial charge in [0.2, 0.25) is 5.91 Å². The summed E-state index contributed by atoms with van der Waals surface area (Å²) >= 11 is 0.949. The van der Waals surface area contributed by atoms with Crippen LogP contribution in [0.1, 0.15) is 0 Å². The van der Waals surface area contributed by atoms with Gasteiger partial charge in [0, 0.05) is 0 Å². The van der Waals surface area contributed by atoms with Crippen LogP contribution in [0, 0.1) is 0 Å². The number of anilines is 1. The first kappa shape index (κ1) is 18.6. The van der Waals surface area contributed by atoms with E-state index in [1.807, 2.05) is 0 Å². The fourth-order valence-electron chi connectivity index (χ4n) is 2.31. The van der Waals surface area contributed by atoms with Crippen molar-refractivity contribution >= 4 is 34.3 Å². The van der Waals surface area contributed by atoms with Crippen molar-refractivity contribution in [3.8, 4) is 5.75 Å². The first-order valence-electron chi connectivity index (χ1n) is 7.69. The number of fused-ring (bicyclic) bond motifs is 1. The molecule has 3 rings (SSSR count). The number of carbonyl (C=O) groups excluding carboxylic acids is 1. The third-order valence-corrected chi connectivity index (χ3v) is 4.44. The normalized spacial score (nSPS) is 10.9. The molecular formula is C17H14F2N4O3S. The third-order valence-electron chi connectivity index (χ3n) is 3.49. The molecule has 0 bridgehead atoms. The largest absolute Gasteiger partial charge is 0.433 e. The summed E-state index contributed by atoms with van der Waals surface area (Å²) in [6.45, 7) is -3.01. The lowest BCUT2D eigenvalue weighted by molar-refractivity contribution is -0.113. The standard InChI is InChI=1S/C17H14F2N4O3S/c18-16(19)26-13-8-4-3-7-12(13)21-14(24)9-27-17-22-11-6-2-1-5-10(11)15(25)23(17)20/h1-8,16H,9,20H2,(H,21,24). The van der Waals surface area contributed by atoms with Gasteiger partial charge in [-0.05, 0) is 24.3 Å². The Balaban J connectivity index is 1.73. The Morgan fingerprint density at radius 3 is 2.70 bits per heavy atom. The second-order valence-electron chi connectivity index (χ2n) is 5.30. The Labute approximate surface area is 156 Å². The first-order chi connectivity index (χ1) is 13.0. The summed E-state index contributed by atoms with van der Waals surface area (Å²) in [4.78, 5) is 28.6. The van der Waals surface area contributed by atoms with Crippen LogP contribution in [-0.2, 0) is 4.79 Å². The number of halogens is 2. The molecule has 2 aromatic carbocycles. The first-order valence-corrected chi connectivity index (χ1v) is 8.67. The molecule has 0 atom stereocenters. The van der Waals surface area contributed by atoms with E-state index in [1.54, 1.807) is 30.3 Å². The van der Waals surface area contributed by atoms with Crippen molar-refractivity contribution in [2.24, 2.45) is 0 Å². The van der Waals surface area contributed by atoms with Crippen LogP contribution in [-0.4, -0.2) is 27.9 Å². The average Bonchev–Trinajstić information content (AvgIpc) is 2.65. The van der Waals surface area contributed by atoms with Crippen molar-refractivity contribution in [2.75, 3.05) is 16.9 Å². The lowest BCUT2D eigenvalue weighted by Crippen LogP contribution is -2.30. The number of nitrogen functional groups attached to an aromatic ring is 1. The lowest BCUT2D eigenvalue weighted by atomic mass is 10.2. The predicted molar refractivity (Wildman–Crippen MR) is 98.6 cm³/mol. The van der Waals surface area contributed by atoms with Gasteiger partial charge in [-0.2, -0.15) is 8.78 Å². The van der Waals surface area contributed by atoms with Gasteiger partial charge in [0.1, 0.15) is 5.75 Å². The van der Waals surface area contributed by atoms with E-state index in [0.717, 1.165) is 16.4 Å². The van der Waals surface area contributed by atoms with Crippen molar-refractivity contribution in [1.29, 1.82) is 0 Å². The summed E-state index contributed by atoms with van der Waals surface area (Å²) < 4.78 is 30.1. The van der Waals surface area contributed by atoms with Gasteiger partial charge in [0.25, 0.3) is 5.56 Å². The quantitative estimate of drug-likeness (QED) is 0.380. The molecule has 0 aliphatic heterocycles. The Morgan fingerprint density at radius 2 is 1.93 bits per heavy atom. The number of alkyl halides is 2. The van der Waals surface area contributed by atoms with Crippen molar-refractivity contribution < 1.29 is 18.3 Å². The van der Waals surface area contributed by atoms with Crippen molar-refractivity contribution in [2.45, 2.75) is 11.8 Å². The van der Waals surface area contributed by atoms with Gasteiger partial charge in [0.05, 0.1) is 22.3 Å². The summed E-state index contributed by atoms with van der Waals surface area (Å²) in [6.07, 6.45) is 0. The molecule has 1 amide bonds. The Kier molecular flexibility index (Phi) is 5.55. The lowest BCUT2D eigenvalue weighted by Gasteiger charge is -2.12. The topological polar surface area (TPSA) is 99.2 Å². The molecule has 10 heteroatoms. The molecule has 3 aromatic rings. The fourth-order valence-corrected chi connectivity index (χ4v) is 3.03. The average molecular weight is 392 g/mol. The van der Waals surface area contributed by atoms with Crippen LogP contribution in [0.15, 0.2) is 58.5 Å². The van der Waals surface area contributed by atoms with Gasteiger partial charge in [-0.15, -0.1) is 0 Å². The van der Waals surface area contributed by atoms with Crippen LogP contribution in [0.2, 0.25) is 0 Å². The highest BCUT2D eigenvalue weighted by Gasteiger charge is 2.14. The number of rotatable bonds is 6. The molecule has 0 aliphatic carbocycles. The van der Waals surface area contributed by atoms with E-state index in [2.05, 4.69) is 15.0 Å². The van der Waals surface area contributed by atoms with E-state index in [9.17, 15) is 18.4 Å². The number of hydrogen-bond acceptors (Lipinski definition) is 6. The van der Waals surface area contributed by atoms with Gasteiger partial charge in [-0.25, -0.2) is 9.66 Å². The van der Waals surface area contributed by atoms with Gasteiger partial charge in [0.15, 0.2) is 5.16 Å². The van der Waals surface area contributed by atoms with E-state index in [0.29, 0.717) is 10.9 Å². The van der Waals surface area contributed by atoms with Gasteiger partial charge in [-0.3, -0.25) is 9.59 Å². The van der Waals surface area contributed by atoms with Crippen LogP contribution >= 0.6 is 11.8 Å². The molecule has 27 heavy (non-hydrogen) atoms. The van der Waals surface area contributed by atoms with Crippen LogP contribution in [0.25, 0.3) is 10.9 Å². The molecule has 0 fully saturated rings. The Hall–Kier alpha value is -3.14. The van der Waals surface area contributed by atoms with Crippen LogP contribution in [0.4, 0.5) is 14.5 Å². The predicted octanol–water partition coefficient (Wildman–Crippen LogP) is 2.44. The Bertz CT molecular complexity index is 1040. The molecule has 1 heterocycles. The van der Waals surface area contributed by atoms with E-state index in [1.165, 1.54) is 18.2 Å². The number of nitrogens with two attached hydrogens (primary N) is 1. The molecule has 0 unspecified atom stereocenters. The molecule has 0 radical (unpaired) electrons. The maximum absolute atomic E-state index is 12.4. The number of amides is 1. The van der Waals surface area contributed by atoms with Gasteiger partial charge in [-0.1, -0.05) is 36.0 Å². The molecule has 0 saturated carbocycles. The minimum absolute atomic E-state index is 0.111. The second kappa shape index (κ2) is 8.04. The maximum Gasteiger partial charge on any atom is 0.387 e. The summed E-state index contributed by atoms with van der Waals surface area (Å²) in [7, 11) is 0. The number of hydrogen-bond donors (Lipinski definition) is 2. The highest BCUT2D eigenvalue weighted by molar-refractivity contribution is 7.99. The van der Waals surface area contributed by atoms with Crippen LogP contribution < -0.4 is 21.5 Å². The highest BCUT2D eigenvalue weighted by Crippen LogP contribution is 2.26. The number of nitrogens with one attached hydrogen (secondary N) is 1. The zero-order valence-electron chi connectivity index (χ0n) is 13.8. The SMILES string of the molecule is Nn1c(SCC(=O)Nc2ccccc2OC(F)F)nc2ccccc2c1=O. The summed E-state index contributed by atoms with van der Waals surface area (Å²) in [6, 6.07) is 12.5. The van der Waals surface area contributed by atoms with Crippen LogP contribution in [0.5, 0.6) is 5.75 Å². The van der Waals surface area contributed by atoms with E-state index in [4.69, 9.17) is 5.84 Å². The number of aromatic nitrogens is 2. The molecule has 1 aromatic heterocycles. The number of benzene rings is 2. The monoisotopic (exact) mass is 392 g/mol. The van der Waals surface area contributed by atoms with Gasteiger partial charge < -0.3 is 15.9 Å². The van der Waals surface area contributed by atoms with Crippen molar-refractivity contribution in [1.82, 2.24) is 9.66 Å². The number of carbonyl (C=O) groups is 1. The highest BCUT2D eigenvalue weighted by atomic mass is 32.2. The van der Waals surface area contributed by atoms with Crippen LogP contribution in [0.3, 0.4) is 0 Å². The summed E-state index contributed by atoms with van der Waals surface area (Å²) in [5, 5.41) is 3.01. The molecule has 0 saturated heterocycles. The van der Waals surface area contributed by atoms with E-state index < -0.39 is 18.1 Å².